The van der Waals surface area contributed by atoms with Gasteiger partial charge in [0.2, 0.25) is 0 Å². The van der Waals surface area contributed by atoms with E-state index in [0.29, 0.717) is 17.5 Å². The molecule has 0 spiro atoms. The lowest BCUT2D eigenvalue weighted by atomic mass is 9.95. The van der Waals surface area contributed by atoms with Crippen LogP contribution in [0.5, 0.6) is 0 Å². The molecule has 10 rings (SSSR count). The van der Waals surface area contributed by atoms with Gasteiger partial charge < -0.3 is 4.42 Å². The minimum Gasteiger partial charge on any atom is -0.455 e. The molecule has 2 heterocycles. The van der Waals surface area contributed by atoms with Crippen LogP contribution in [0.1, 0.15) is 0 Å². The maximum Gasteiger partial charge on any atom is 0.164 e. The lowest BCUT2D eigenvalue weighted by molar-refractivity contribution is 0.672. The summed E-state index contributed by atoms with van der Waals surface area (Å²) >= 11 is 0. The maximum absolute atomic E-state index is 6.56. The van der Waals surface area contributed by atoms with Crippen LogP contribution in [0.25, 0.3) is 99.5 Å². The van der Waals surface area contributed by atoms with Gasteiger partial charge in [-0.1, -0.05) is 127 Å². The molecule has 49 heavy (non-hydrogen) atoms. The lowest BCUT2D eigenvalue weighted by Crippen LogP contribution is -2.00. The second-order valence-electron chi connectivity index (χ2n) is 12.5. The topological polar surface area (TPSA) is 51.8 Å². The Hall–Kier alpha value is -6.65. The van der Waals surface area contributed by atoms with Crippen molar-refractivity contribution >= 4 is 54.3 Å². The molecule has 0 aliphatic carbocycles. The van der Waals surface area contributed by atoms with Crippen LogP contribution >= 0.6 is 0 Å². The van der Waals surface area contributed by atoms with Gasteiger partial charge in [-0.25, -0.2) is 15.0 Å². The van der Waals surface area contributed by atoms with Gasteiger partial charge in [-0.3, -0.25) is 0 Å². The Morgan fingerprint density at radius 3 is 1.47 bits per heavy atom. The average molecular weight is 626 g/mol. The van der Waals surface area contributed by atoms with E-state index >= 15 is 0 Å². The lowest BCUT2D eigenvalue weighted by Gasteiger charge is -2.10. The number of rotatable bonds is 4. The highest BCUT2D eigenvalue weighted by molar-refractivity contribution is 6.19. The van der Waals surface area contributed by atoms with E-state index in [1.807, 2.05) is 6.07 Å². The van der Waals surface area contributed by atoms with Crippen LogP contribution < -0.4 is 0 Å². The Labute approximate surface area is 282 Å². The fourth-order valence-corrected chi connectivity index (χ4v) is 7.01. The summed E-state index contributed by atoms with van der Waals surface area (Å²) in [6, 6.07) is 57.0. The zero-order valence-electron chi connectivity index (χ0n) is 26.3. The summed E-state index contributed by atoms with van der Waals surface area (Å²) in [6.45, 7) is 0. The summed E-state index contributed by atoms with van der Waals surface area (Å²) < 4.78 is 6.56. The smallest absolute Gasteiger partial charge is 0.164 e. The molecule has 4 heteroatoms. The minimum atomic E-state index is 0.613. The molecule has 0 bridgehead atoms. The number of hydrogen-bond donors (Lipinski definition) is 0. The van der Waals surface area contributed by atoms with Crippen molar-refractivity contribution in [1.29, 1.82) is 0 Å². The standard InChI is InChI=1S/C45H27N3O/c1-2-12-30(13-3-1)38-27-40-39-26-35(22-23-41(39)49-42(40)37-17-9-8-16-36(37)38)45-47-43(33-20-18-28-10-4-6-14-31(28)24-33)46-44(48-45)34-21-19-29-11-5-7-15-32(29)25-34/h1-27H. The molecule has 0 saturated carbocycles. The van der Waals surface area contributed by atoms with Gasteiger partial charge in [-0.2, -0.15) is 0 Å². The molecule has 0 N–H and O–H groups in total. The fourth-order valence-electron chi connectivity index (χ4n) is 7.01. The Morgan fingerprint density at radius 1 is 0.327 bits per heavy atom. The molecule has 0 aliphatic heterocycles. The Bertz CT molecular complexity index is 2790. The predicted molar refractivity (Wildman–Crippen MR) is 201 cm³/mol. The van der Waals surface area contributed by atoms with Gasteiger partial charge in [-0.15, -0.1) is 0 Å². The van der Waals surface area contributed by atoms with Gasteiger partial charge in [0.1, 0.15) is 11.2 Å². The van der Waals surface area contributed by atoms with Crippen LogP contribution in [0.15, 0.2) is 168 Å². The maximum atomic E-state index is 6.56. The predicted octanol–water partition coefficient (Wildman–Crippen LogP) is 11.9. The highest BCUT2D eigenvalue weighted by Crippen LogP contribution is 2.41. The summed E-state index contributed by atoms with van der Waals surface area (Å²) in [5.41, 5.74) is 6.84. The van der Waals surface area contributed by atoms with Crippen LogP contribution in [0, 0.1) is 0 Å². The highest BCUT2D eigenvalue weighted by atomic mass is 16.3. The highest BCUT2D eigenvalue weighted by Gasteiger charge is 2.18. The van der Waals surface area contributed by atoms with Gasteiger partial charge in [0.05, 0.1) is 0 Å². The van der Waals surface area contributed by atoms with Gasteiger partial charge in [-0.05, 0) is 74.5 Å². The number of aromatic nitrogens is 3. The van der Waals surface area contributed by atoms with Crippen molar-refractivity contribution in [3.63, 3.8) is 0 Å². The van der Waals surface area contributed by atoms with Crippen molar-refractivity contribution in [1.82, 2.24) is 15.0 Å². The van der Waals surface area contributed by atoms with Gasteiger partial charge in [0.15, 0.2) is 17.5 Å². The molecule has 228 valence electrons. The number of fused-ring (bicyclic) bond motifs is 7. The van der Waals surface area contributed by atoms with Crippen molar-refractivity contribution in [2.24, 2.45) is 0 Å². The van der Waals surface area contributed by atoms with E-state index in [9.17, 15) is 0 Å². The number of nitrogens with zero attached hydrogens (tertiary/aromatic N) is 3. The number of benzene rings is 8. The summed E-state index contributed by atoms with van der Waals surface area (Å²) in [5, 5.41) is 8.98. The SMILES string of the molecule is c1ccc(-c2cc3c4cc(-c5nc(-c6ccc7ccccc7c6)nc(-c6ccc7ccccc7c6)n5)ccc4oc3c3ccccc23)cc1. The largest absolute Gasteiger partial charge is 0.455 e. The Kier molecular flexibility index (Phi) is 6.15. The molecular weight excluding hydrogens is 599 g/mol. The zero-order chi connectivity index (χ0) is 32.3. The normalized spacial score (nSPS) is 11.7. The minimum absolute atomic E-state index is 0.613. The molecule has 0 aliphatic rings. The molecule has 0 unspecified atom stereocenters. The average Bonchev–Trinajstić information content (AvgIpc) is 3.55. The van der Waals surface area contributed by atoms with E-state index < -0.39 is 0 Å². The first-order valence-electron chi connectivity index (χ1n) is 16.4. The molecule has 0 radical (unpaired) electrons. The van der Waals surface area contributed by atoms with Crippen molar-refractivity contribution in [2.75, 3.05) is 0 Å². The van der Waals surface area contributed by atoms with E-state index in [1.165, 1.54) is 21.9 Å². The van der Waals surface area contributed by atoms with Crippen LogP contribution in [-0.2, 0) is 0 Å². The molecule has 10 aromatic rings. The summed E-state index contributed by atoms with van der Waals surface area (Å²) in [5.74, 6) is 1.88. The summed E-state index contributed by atoms with van der Waals surface area (Å²) in [4.78, 5) is 15.3. The van der Waals surface area contributed by atoms with E-state index in [2.05, 4.69) is 158 Å². The third kappa shape index (κ3) is 4.65. The molecule has 8 aromatic carbocycles. The van der Waals surface area contributed by atoms with Crippen LogP contribution in [-0.4, -0.2) is 15.0 Å². The van der Waals surface area contributed by atoms with Gasteiger partial charge in [0, 0.05) is 32.8 Å². The van der Waals surface area contributed by atoms with E-state index in [4.69, 9.17) is 19.4 Å². The first-order valence-corrected chi connectivity index (χ1v) is 16.4. The monoisotopic (exact) mass is 625 g/mol. The third-order valence-electron chi connectivity index (χ3n) is 9.47. The Balaban J connectivity index is 1.20. The summed E-state index contributed by atoms with van der Waals surface area (Å²) in [7, 11) is 0. The van der Waals surface area contributed by atoms with Crippen molar-refractivity contribution in [3.8, 4) is 45.3 Å². The zero-order valence-corrected chi connectivity index (χ0v) is 26.3. The number of hydrogen-bond acceptors (Lipinski definition) is 4. The quantitative estimate of drug-likeness (QED) is 0.195. The van der Waals surface area contributed by atoms with Crippen molar-refractivity contribution in [2.45, 2.75) is 0 Å². The van der Waals surface area contributed by atoms with Crippen LogP contribution in [0.2, 0.25) is 0 Å². The van der Waals surface area contributed by atoms with E-state index in [1.54, 1.807) is 0 Å². The number of furan rings is 1. The van der Waals surface area contributed by atoms with E-state index in [0.717, 1.165) is 60.2 Å². The van der Waals surface area contributed by atoms with Crippen molar-refractivity contribution < 1.29 is 4.42 Å². The first-order chi connectivity index (χ1) is 24.2. The molecular formula is C45H27N3O. The molecule has 0 saturated heterocycles. The van der Waals surface area contributed by atoms with Crippen LogP contribution in [0.4, 0.5) is 0 Å². The Morgan fingerprint density at radius 2 is 0.837 bits per heavy atom. The first kappa shape index (κ1) is 27.5. The van der Waals surface area contributed by atoms with Crippen molar-refractivity contribution in [3.05, 3.63) is 164 Å². The third-order valence-corrected chi connectivity index (χ3v) is 9.47. The molecule has 2 aromatic heterocycles. The van der Waals surface area contributed by atoms with Gasteiger partial charge in [0.25, 0.3) is 0 Å². The molecule has 4 nitrogen and oxygen atoms in total. The summed E-state index contributed by atoms with van der Waals surface area (Å²) in [6.07, 6.45) is 0. The fraction of sp³-hybridized carbons (Fsp3) is 0. The molecule has 0 fully saturated rings. The molecule has 0 atom stereocenters. The van der Waals surface area contributed by atoms with E-state index in [-0.39, 0.29) is 0 Å². The second kappa shape index (κ2) is 11.0. The van der Waals surface area contributed by atoms with Gasteiger partial charge >= 0.3 is 0 Å². The second-order valence-corrected chi connectivity index (χ2v) is 12.5. The molecule has 0 amide bonds. The van der Waals surface area contributed by atoms with Crippen LogP contribution in [0.3, 0.4) is 0 Å².